The van der Waals surface area contributed by atoms with Gasteiger partial charge in [0.15, 0.2) is 0 Å². The van der Waals surface area contributed by atoms with Gasteiger partial charge >= 0.3 is 0 Å². The molecule has 0 amide bonds. The van der Waals surface area contributed by atoms with Crippen molar-refractivity contribution in [1.29, 1.82) is 0 Å². The van der Waals surface area contributed by atoms with E-state index in [2.05, 4.69) is 12.2 Å². The highest BCUT2D eigenvalue weighted by atomic mass is 35.5. The summed E-state index contributed by atoms with van der Waals surface area (Å²) in [5.74, 6) is 0. The number of halogens is 2. The highest BCUT2D eigenvalue weighted by Crippen LogP contribution is 2.26. The second-order valence-corrected chi connectivity index (χ2v) is 5.23. The van der Waals surface area contributed by atoms with Gasteiger partial charge in [0.1, 0.15) is 0 Å². The highest BCUT2D eigenvalue weighted by Gasteiger charge is 2.15. The molecule has 3 nitrogen and oxygen atoms in total. The number of rotatable bonds is 7. The Kier molecular flexibility index (Phi) is 6.97. The first-order valence-electron chi connectivity index (χ1n) is 6.10. The number of aliphatic hydroxyl groups is 1. The van der Waals surface area contributed by atoms with Crippen LogP contribution in [-0.2, 0) is 0 Å². The maximum absolute atomic E-state index is 8.81. The molecule has 0 heterocycles. The van der Waals surface area contributed by atoms with Crippen LogP contribution >= 0.6 is 23.2 Å². The number of hydrogen-bond acceptors (Lipinski definition) is 3. The second-order valence-electron chi connectivity index (χ2n) is 4.39. The number of benzene rings is 1. The third-order valence-corrected chi connectivity index (χ3v) is 3.43. The lowest BCUT2D eigenvalue weighted by Crippen LogP contribution is -2.35. The van der Waals surface area contributed by atoms with Crippen LogP contribution in [0.2, 0.25) is 10.0 Å². The van der Waals surface area contributed by atoms with Crippen LogP contribution in [0.25, 0.3) is 0 Å². The normalized spacial score (nSPS) is 14.5. The fourth-order valence-electron chi connectivity index (χ4n) is 1.89. The van der Waals surface area contributed by atoms with Crippen molar-refractivity contribution in [3.8, 4) is 0 Å². The third kappa shape index (κ3) is 4.75. The summed E-state index contributed by atoms with van der Waals surface area (Å²) < 4.78 is 0. The molecule has 2 unspecified atom stereocenters. The summed E-state index contributed by atoms with van der Waals surface area (Å²) in [4.78, 5) is 0. The lowest BCUT2D eigenvalue weighted by Gasteiger charge is -2.23. The SMILES string of the molecule is CC(CCCO)NC(CN)c1cc(Cl)ccc1Cl. The first-order chi connectivity index (χ1) is 8.58. The van der Waals surface area contributed by atoms with Gasteiger partial charge in [0.2, 0.25) is 0 Å². The summed E-state index contributed by atoms with van der Waals surface area (Å²) in [6.45, 7) is 2.72. The average molecular weight is 291 g/mol. The average Bonchev–Trinajstić information content (AvgIpc) is 2.36. The fraction of sp³-hybridized carbons (Fsp3) is 0.538. The zero-order valence-electron chi connectivity index (χ0n) is 10.5. The van der Waals surface area contributed by atoms with Crippen molar-refractivity contribution in [3.63, 3.8) is 0 Å². The summed E-state index contributed by atoms with van der Waals surface area (Å²) in [7, 11) is 0. The molecule has 0 aliphatic carbocycles. The molecule has 102 valence electrons. The topological polar surface area (TPSA) is 58.3 Å². The molecule has 5 heteroatoms. The lowest BCUT2D eigenvalue weighted by molar-refractivity contribution is 0.274. The predicted octanol–water partition coefficient (Wildman–Crippen LogP) is 2.74. The van der Waals surface area contributed by atoms with Crippen LogP contribution in [0, 0.1) is 0 Å². The molecule has 0 aliphatic heterocycles. The van der Waals surface area contributed by atoms with Gasteiger partial charge in [-0.05, 0) is 43.5 Å². The van der Waals surface area contributed by atoms with Gasteiger partial charge in [-0.3, -0.25) is 0 Å². The van der Waals surface area contributed by atoms with Crippen molar-refractivity contribution >= 4 is 23.2 Å². The van der Waals surface area contributed by atoms with E-state index in [1.807, 2.05) is 6.07 Å². The van der Waals surface area contributed by atoms with Gasteiger partial charge in [-0.15, -0.1) is 0 Å². The van der Waals surface area contributed by atoms with Gasteiger partial charge in [-0.25, -0.2) is 0 Å². The van der Waals surface area contributed by atoms with E-state index in [4.69, 9.17) is 34.0 Å². The van der Waals surface area contributed by atoms with E-state index in [0.29, 0.717) is 16.6 Å². The smallest absolute Gasteiger partial charge is 0.0461 e. The molecule has 4 N–H and O–H groups in total. The summed E-state index contributed by atoms with van der Waals surface area (Å²) >= 11 is 12.1. The van der Waals surface area contributed by atoms with E-state index >= 15 is 0 Å². The number of hydrogen-bond donors (Lipinski definition) is 3. The molecule has 0 radical (unpaired) electrons. The highest BCUT2D eigenvalue weighted by molar-refractivity contribution is 6.33. The summed E-state index contributed by atoms with van der Waals surface area (Å²) in [6.07, 6.45) is 1.67. The molecular weight excluding hydrogens is 271 g/mol. The van der Waals surface area contributed by atoms with Crippen LogP contribution in [0.5, 0.6) is 0 Å². The quantitative estimate of drug-likeness (QED) is 0.724. The lowest BCUT2D eigenvalue weighted by atomic mass is 10.0. The van der Waals surface area contributed by atoms with Gasteiger partial charge in [0, 0.05) is 35.3 Å². The molecule has 2 atom stereocenters. The minimum absolute atomic E-state index is 0.0232. The van der Waals surface area contributed by atoms with E-state index in [0.717, 1.165) is 18.4 Å². The zero-order valence-corrected chi connectivity index (χ0v) is 12.0. The Balaban J connectivity index is 2.73. The molecule has 0 spiro atoms. The van der Waals surface area contributed by atoms with Crippen LogP contribution in [0.3, 0.4) is 0 Å². The third-order valence-electron chi connectivity index (χ3n) is 2.85. The molecule has 0 aliphatic rings. The summed E-state index contributed by atoms with van der Waals surface area (Å²) in [6, 6.07) is 5.62. The van der Waals surface area contributed by atoms with Crippen molar-refractivity contribution in [1.82, 2.24) is 5.32 Å². The molecule has 0 bridgehead atoms. The van der Waals surface area contributed by atoms with E-state index in [9.17, 15) is 0 Å². The van der Waals surface area contributed by atoms with Crippen molar-refractivity contribution in [2.75, 3.05) is 13.2 Å². The number of nitrogens with two attached hydrogens (primary N) is 1. The summed E-state index contributed by atoms with van der Waals surface area (Å²) in [5.41, 5.74) is 6.71. The van der Waals surface area contributed by atoms with Crippen molar-refractivity contribution in [3.05, 3.63) is 33.8 Å². The van der Waals surface area contributed by atoms with Gasteiger partial charge in [0.25, 0.3) is 0 Å². The Hall–Kier alpha value is -0.320. The van der Waals surface area contributed by atoms with Crippen LogP contribution in [-0.4, -0.2) is 24.3 Å². The molecule has 1 rings (SSSR count). The molecule has 0 saturated carbocycles. The first-order valence-corrected chi connectivity index (χ1v) is 6.86. The van der Waals surface area contributed by atoms with Gasteiger partial charge in [0.05, 0.1) is 0 Å². The number of nitrogens with one attached hydrogen (secondary N) is 1. The van der Waals surface area contributed by atoms with E-state index in [-0.39, 0.29) is 18.7 Å². The largest absolute Gasteiger partial charge is 0.396 e. The maximum atomic E-state index is 8.81. The molecule has 1 aromatic carbocycles. The predicted molar refractivity (Wildman–Crippen MR) is 77.2 cm³/mol. The Bertz CT molecular complexity index is 374. The first kappa shape index (κ1) is 15.7. The van der Waals surface area contributed by atoms with E-state index in [1.54, 1.807) is 12.1 Å². The van der Waals surface area contributed by atoms with Crippen LogP contribution in [0.4, 0.5) is 0 Å². The van der Waals surface area contributed by atoms with Crippen LogP contribution < -0.4 is 11.1 Å². The maximum Gasteiger partial charge on any atom is 0.0461 e. The van der Waals surface area contributed by atoms with E-state index in [1.165, 1.54) is 0 Å². The molecule has 0 fully saturated rings. The minimum atomic E-state index is -0.0232. The molecule has 0 saturated heterocycles. The van der Waals surface area contributed by atoms with Crippen LogP contribution in [0.1, 0.15) is 31.4 Å². The van der Waals surface area contributed by atoms with Crippen molar-refractivity contribution in [2.45, 2.75) is 31.8 Å². The van der Waals surface area contributed by atoms with Gasteiger partial charge in [-0.1, -0.05) is 23.2 Å². The molecular formula is C13H20Cl2N2O. The Morgan fingerprint density at radius 3 is 2.72 bits per heavy atom. The fourth-order valence-corrected chi connectivity index (χ4v) is 2.32. The van der Waals surface area contributed by atoms with E-state index < -0.39 is 0 Å². The van der Waals surface area contributed by atoms with Gasteiger partial charge in [-0.2, -0.15) is 0 Å². The van der Waals surface area contributed by atoms with Crippen molar-refractivity contribution in [2.24, 2.45) is 5.73 Å². The van der Waals surface area contributed by atoms with Gasteiger partial charge < -0.3 is 16.2 Å². The number of aliphatic hydroxyl groups excluding tert-OH is 1. The Labute approximate surface area is 118 Å². The van der Waals surface area contributed by atoms with Crippen LogP contribution in [0.15, 0.2) is 18.2 Å². The summed E-state index contributed by atoms with van der Waals surface area (Å²) in [5, 5.41) is 13.5. The second kappa shape index (κ2) is 7.97. The Morgan fingerprint density at radius 1 is 1.39 bits per heavy atom. The minimum Gasteiger partial charge on any atom is -0.396 e. The standard InChI is InChI=1S/C13H20Cl2N2O/c1-9(3-2-6-18)17-13(8-16)11-7-10(14)4-5-12(11)15/h4-5,7,9,13,17-18H,2-3,6,8,16H2,1H3. The monoisotopic (exact) mass is 290 g/mol. The molecule has 0 aromatic heterocycles. The molecule has 1 aromatic rings. The zero-order chi connectivity index (χ0) is 13.5. The Morgan fingerprint density at radius 2 is 2.11 bits per heavy atom. The molecule has 18 heavy (non-hydrogen) atoms. The van der Waals surface area contributed by atoms with Crippen molar-refractivity contribution < 1.29 is 5.11 Å².